The predicted molar refractivity (Wildman–Crippen MR) is 87.4 cm³/mol. The van der Waals surface area contributed by atoms with Crippen molar-refractivity contribution >= 4 is 45.1 Å². The van der Waals surface area contributed by atoms with Gasteiger partial charge in [-0.15, -0.1) is 0 Å². The van der Waals surface area contributed by atoms with Gasteiger partial charge in [0.15, 0.2) is 5.16 Å². The third-order valence-electron chi connectivity index (χ3n) is 2.51. The zero-order valence-electron chi connectivity index (χ0n) is 11.1. The molecule has 110 valence electrons. The lowest BCUT2D eigenvalue weighted by Gasteiger charge is -2.11. The van der Waals surface area contributed by atoms with Crippen molar-refractivity contribution in [2.75, 3.05) is 11.1 Å². The standard InChI is InChI=1S/C13H13BrN4O2S/c1-7(21-13-17-10(15)6-11(19)18-13)12(20)16-9-4-2-8(14)3-5-9/h2-7H,1H3,(H,16,20)(H3,15,17,18,19)/t7-/m0/s1. The molecule has 2 rings (SSSR count). The number of nitrogens with two attached hydrogens (primary N) is 1. The highest BCUT2D eigenvalue weighted by atomic mass is 79.9. The quantitative estimate of drug-likeness (QED) is 0.567. The lowest BCUT2D eigenvalue weighted by molar-refractivity contribution is -0.115. The number of halogens is 1. The number of nitrogens with zero attached hydrogens (tertiary/aromatic N) is 1. The molecule has 1 atom stereocenters. The average Bonchev–Trinajstić information content (AvgIpc) is 2.40. The maximum absolute atomic E-state index is 12.1. The molecule has 4 N–H and O–H groups in total. The smallest absolute Gasteiger partial charge is 0.253 e. The van der Waals surface area contributed by atoms with Crippen LogP contribution in [-0.4, -0.2) is 21.1 Å². The van der Waals surface area contributed by atoms with Crippen LogP contribution in [-0.2, 0) is 4.79 Å². The topological polar surface area (TPSA) is 101 Å². The fourth-order valence-electron chi connectivity index (χ4n) is 1.51. The van der Waals surface area contributed by atoms with E-state index in [9.17, 15) is 9.59 Å². The number of nitrogens with one attached hydrogen (secondary N) is 2. The van der Waals surface area contributed by atoms with E-state index in [1.54, 1.807) is 19.1 Å². The van der Waals surface area contributed by atoms with E-state index in [-0.39, 0.29) is 17.3 Å². The summed E-state index contributed by atoms with van der Waals surface area (Å²) >= 11 is 4.46. The Kier molecular flexibility index (Phi) is 5.03. The van der Waals surface area contributed by atoms with Crippen LogP contribution in [0.5, 0.6) is 0 Å². The van der Waals surface area contributed by atoms with Gasteiger partial charge >= 0.3 is 0 Å². The SMILES string of the molecule is C[C@H](Sc1nc(N)cc(=O)[nH]1)C(=O)Nc1ccc(Br)cc1. The number of anilines is 2. The zero-order valence-corrected chi connectivity index (χ0v) is 13.5. The van der Waals surface area contributed by atoms with Gasteiger partial charge < -0.3 is 16.0 Å². The first-order chi connectivity index (χ1) is 9.94. The average molecular weight is 369 g/mol. The second-order valence-corrected chi connectivity index (χ2v) is 6.48. The second-order valence-electron chi connectivity index (χ2n) is 4.23. The number of rotatable bonds is 4. The molecule has 0 bridgehead atoms. The van der Waals surface area contributed by atoms with Crippen molar-refractivity contribution in [3.63, 3.8) is 0 Å². The normalized spacial score (nSPS) is 11.9. The van der Waals surface area contributed by atoms with E-state index in [4.69, 9.17) is 5.73 Å². The monoisotopic (exact) mass is 368 g/mol. The Morgan fingerprint density at radius 3 is 2.71 bits per heavy atom. The minimum Gasteiger partial charge on any atom is -0.383 e. The van der Waals surface area contributed by atoms with Gasteiger partial charge in [0.2, 0.25) is 5.91 Å². The summed E-state index contributed by atoms with van der Waals surface area (Å²) in [5.74, 6) is -0.0610. The molecule has 1 amide bonds. The Morgan fingerprint density at radius 2 is 2.10 bits per heavy atom. The van der Waals surface area contributed by atoms with Crippen LogP contribution in [0, 0.1) is 0 Å². The van der Waals surface area contributed by atoms with Crippen molar-refractivity contribution in [1.29, 1.82) is 0 Å². The van der Waals surface area contributed by atoms with Crippen LogP contribution in [0.1, 0.15) is 6.92 Å². The summed E-state index contributed by atoms with van der Waals surface area (Å²) in [4.78, 5) is 29.9. The van der Waals surface area contributed by atoms with Crippen molar-refractivity contribution < 1.29 is 4.79 Å². The second kappa shape index (κ2) is 6.77. The van der Waals surface area contributed by atoms with Gasteiger partial charge in [-0.25, -0.2) is 4.98 Å². The van der Waals surface area contributed by atoms with Crippen LogP contribution in [0.15, 0.2) is 44.8 Å². The summed E-state index contributed by atoms with van der Waals surface area (Å²) in [5, 5.41) is 2.67. The number of nitrogen functional groups attached to an aromatic ring is 1. The largest absolute Gasteiger partial charge is 0.383 e. The predicted octanol–water partition coefficient (Wildman–Crippen LogP) is 2.23. The molecule has 6 nitrogen and oxygen atoms in total. The first-order valence-corrected chi connectivity index (χ1v) is 7.71. The van der Waals surface area contributed by atoms with Crippen LogP contribution in [0.3, 0.4) is 0 Å². The van der Waals surface area contributed by atoms with E-state index in [1.807, 2.05) is 12.1 Å². The number of thioether (sulfide) groups is 1. The third-order valence-corrected chi connectivity index (χ3v) is 4.02. The summed E-state index contributed by atoms with van der Waals surface area (Å²) in [6.45, 7) is 1.72. The van der Waals surface area contributed by atoms with E-state index in [0.29, 0.717) is 10.8 Å². The fourth-order valence-corrected chi connectivity index (χ4v) is 2.59. The summed E-state index contributed by atoms with van der Waals surface area (Å²) in [6, 6.07) is 8.45. The molecule has 21 heavy (non-hydrogen) atoms. The lowest BCUT2D eigenvalue weighted by atomic mass is 10.3. The molecule has 1 heterocycles. The highest BCUT2D eigenvalue weighted by Crippen LogP contribution is 2.21. The van der Waals surface area contributed by atoms with Crippen LogP contribution >= 0.6 is 27.7 Å². The Bertz CT molecular complexity index is 702. The highest BCUT2D eigenvalue weighted by molar-refractivity contribution is 9.10. The van der Waals surface area contributed by atoms with Gasteiger partial charge in [-0.3, -0.25) is 9.59 Å². The number of aromatic amines is 1. The molecule has 0 aliphatic rings. The molecule has 8 heteroatoms. The maximum atomic E-state index is 12.1. The van der Waals surface area contributed by atoms with Crippen LogP contribution < -0.4 is 16.6 Å². The maximum Gasteiger partial charge on any atom is 0.253 e. The Balaban J connectivity index is 2.02. The van der Waals surface area contributed by atoms with Gasteiger partial charge in [-0.2, -0.15) is 0 Å². The Labute approximate surface area is 133 Å². The number of aromatic nitrogens is 2. The summed E-state index contributed by atoms with van der Waals surface area (Å²) in [5.41, 5.74) is 5.86. The lowest BCUT2D eigenvalue weighted by Crippen LogP contribution is -2.23. The van der Waals surface area contributed by atoms with Crippen molar-refractivity contribution in [1.82, 2.24) is 9.97 Å². The summed E-state index contributed by atoms with van der Waals surface area (Å²) < 4.78 is 0.935. The number of benzene rings is 1. The van der Waals surface area contributed by atoms with Gasteiger partial charge in [0.05, 0.1) is 5.25 Å². The molecule has 0 aliphatic carbocycles. The Morgan fingerprint density at radius 1 is 1.43 bits per heavy atom. The zero-order chi connectivity index (χ0) is 15.4. The molecule has 1 aromatic carbocycles. The molecule has 0 aliphatic heterocycles. The fraction of sp³-hybridized carbons (Fsp3) is 0.154. The van der Waals surface area contributed by atoms with Crippen molar-refractivity contribution in [3.8, 4) is 0 Å². The molecular weight excluding hydrogens is 356 g/mol. The molecule has 2 aromatic rings. The molecule has 0 saturated carbocycles. The third kappa shape index (κ3) is 4.61. The van der Waals surface area contributed by atoms with E-state index < -0.39 is 5.25 Å². The van der Waals surface area contributed by atoms with Crippen molar-refractivity contribution in [2.45, 2.75) is 17.3 Å². The van der Waals surface area contributed by atoms with E-state index in [2.05, 4.69) is 31.2 Å². The molecule has 1 aromatic heterocycles. The van der Waals surface area contributed by atoms with Gasteiger partial charge in [0.1, 0.15) is 5.82 Å². The van der Waals surface area contributed by atoms with Crippen molar-refractivity contribution in [3.05, 3.63) is 45.2 Å². The van der Waals surface area contributed by atoms with Crippen molar-refractivity contribution in [2.24, 2.45) is 0 Å². The summed E-state index contributed by atoms with van der Waals surface area (Å²) in [7, 11) is 0. The van der Waals surface area contributed by atoms with E-state index >= 15 is 0 Å². The molecule has 0 saturated heterocycles. The number of carbonyl (C=O) groups excluding carboxylic acids is 1. The van der Waals surface area contributed by atoms with E-state index in [0.717, 1.165) is 16.2 Å². The molecule has 0 fully saturated rings. The Hall–Kier alpha value is -1.80. The summed E-state index contributed by atoms with van der Waals surface area (Å²) in [6.07, 6.45) is 0. The minimum absolute atomic E-state index is 0.127. The number of carbonyl (C=O) groups is 1. The van der Waals surface area contributed by atoms with E-state index in [1.165, 1.54) is 6.07 Å². The number of hydrogen-bond donors (Lipinski definition) is 3. The molecule has 0 spiro atoms. The molecule has 0 unspecified atom stereocenters. The van der Waals surface area contributed by atoms with Gasteiger partial charge in [0, 0.05) is 16.2 Å². The number of hydrogen-bond acceptors (Lipinski definition) is 5. The molecular formula is C13H13BrN4O2S. The van der Waals surface area contributed by atoms with Gasteiger partial charge in [-0.05, 0) is 31.2 Å². The molecule has 0 radical (unpaired) electrons. The minimum atomic E-state index is -0.432. The first-order valence-electron chi connectivity index (χ1n) is 6.04. The highest BCUT2D eigenvalue weighted by Gasteiger charge is 2.16. The number of H-pyrrole nitrogens is 1. The van der Waals surface area contributed by atoms with Crippen LogP contribution in [0.25, 0.3) is 0 Å². The van der Waals surface area contributed by atoms with Gasteiger partial charge in [-0.1, -0.05) is 27.7 Å². The number of amides is 1. The van der Waals surface area contributed by atoms with Crippen LogP contribution in [0.2, 0.25) is 0 Å². The first kappa shape index (κ1) is 15.6. The van der Waals surface area contributed by atoms with Crippen LogP contribution in [0.4, 0.5) is 11.5 Å². The van der Waals surface area contributed by atoms with Gasteiger partial charge in [0.25, 0.3) is 5.56 Å².